The molecular formula is C23H36N4O7. The largest absolute Gasteiger partial charge is 0.379 e. The minimum absolute atomic E-state index is 0.00379. The number of ether oxygens (including phenoxy) is 4. The second-order valence-corrected chi connectivity index (χ2v) is 7.92. The van der Waals surface area contributed by atoms with Crippen molar-refractivity contribution in [2.24, 2.45) is 11.7 Å². The first kappa shape index (κ1) is 27.6. The average molecular weight is 481 g/mol. The van der Waals surface area contributed by atoms with Crippen LogP contribution >= 0.6 is 0 Å². The summed E-state index contributed by atoms with van der Waals surface area (Å²) >= 11 is 0. The van der Waals surface area contributed by atoms with Crippen LogP contribution in [0, 0.1) is 5.92 Å². The molecule has 1 unspecified atom stereocenters. The number of aryl methyl sites for hydroxylation is 1. The van der Waals surface area contributed by atoms with Crippen molar-refractivity contribution in [3.8, 4) is 0 Å². The normalized spacial score (nSPS) is 15.6. The van der Waals surface area contributed by atoms with Crippen LogP contribution in [0.4, 0.5) is 0 Å². The maximum absolute atomic E-state index is 12.0. The van der Waals surface area contributed by atoms with Crippen LogP contribution in [0.2, 0.25) is 0 Å². The van der Waals surface area contributed by atoms with E-state index in [0.29, 0.717) is 77.9 Å². The Morgan fingerprint density at radius 1 is 1.06 bits per heavy atom. The average Bonchev–Trinajstić information content (AvgIpc) is 3.17. The standard InChI is InChI=1S/C23H36N4O7/c1-27-17-19(16-21(27)28)23(30)26-6-8-32-10-12-34-14-13-33-11-9-31-7-2-3-20-15-18(22(24)29)4-5-25-20/h4-5,15,19H,2-3,6-14,16-17H2,1H3,(H2,24,29)(H,26,30). The molecule has 0 saturated carbocycles. The number of pyridine rings is 1. The highest BCUT2D eigenvalue weighted by atomic mass is 16.6. The van der Waals surface area contributed by atoms with Gasteiger partial charge < -0.3 is 34.9 Å². The first-order valence-corrected chi connectivity index (χ1v) is 11.5. The van der Waals surface area contributed by atoms with Crippen LogP contribution in [0.1, 0.15) is 28.9 Å². The van der Waals surface area contributed by atoms with Gasteiger partial charge >= 0.3 is 0 Å². The van der Waals surface area contributed by atoms with Crippen LogP contribution in [0.5, 0.6) is 0 Å². The van der Waals surface area contributed by atoms with E-state index in [4.69, 9.17) is 24.7 Å². The molecule has 2 heterocycles. The number of likely N-dealkylation sites (tertiary alicyclic amines) is 1. The predicted molar refractivity (Wildman–Crippen MR) is 123 cm³/mol. The molecule has 0 aromatic carbocycles. The van der Waals surface area contributed by atoms with E-state index in [1.807, 2.05) is 0 Å². The number of nitrogens with one attached hydrogen (secondary N) is 1. The molecule has 0 spiro atoms. The van der Waals surface area contributed by atoms with Gasteiger partial charge in [-0.3, -0.25) is 19.4 Å². The van der Waals surface area contributed by atoms with E-state index in [1.165, 1.54) is 0 Å². The maximum atomic E-state index is 12.0. The number of nitrogens with zero attached hydrogens (tertiary/aromatic N) is 2. The lowest BCUT2D eigenvalue weighted by Crippen LogP contribution is -2.34. The van der Waals surface area contributed by atoms with Gasteiger partial charge in [-0.25, -0.2) is 0 Å². The Kier molecular flexibility index (Phi) is 13.1. The van der Waals surface area contributed by atoms with E-state index in [-0.39, 0.29) is 24.2 Å². The lowest BCUT2D eigenvalue weighted by Gasteiger charge is -2.11. The molecule has 1 aromatic heterocycles. The lowest BCUT2D eigenvalue weighted by atomic mass is 10.1. The second-order valence-electron chi connectivity index (χ2n) is 7.92. The van der Waals surface area contributed by atoms with Crippen molar-refractivity contribution in [2.75, 3.05) is 73.0 Å². The van der Waals surface area contributed by atoms with Gasteiger partial charge in [0.05, 0.1) is 52.2 Å². The van der Waals surface area contributed by atoms with Crippen LogP contribution in [0.15, 0.2) is 18.3 Å². The Hall–Kier alpha value is -2.60. The maximum Gasteiger partial charge on any atom is 0.248 e. The summed E-state index contributed by atoms with van der Waals surface area (Å²) in [7, 11) is 1.70. The zero-order chi connectivity index (χ0) is 24.6. The van der Waals surface area contributed by atoms with Crippen LogP contribution < -0.4 is 11.1 Å². The minimum Gasteiger partial charge on any atom is -0.379 e. The van der Waals surface area contributed by atoms with Gasteiger partial charge in [0, 0.05) is 50.6 Å². The summed E-state index contributed by atoms with van der Waals surface area (Å²) in [6, 6.07) is 3.30. The monoisotopic (exact) mass is 480 g/mol. The van der Waals surface area contributed by atoms with Crippen molar-refractivity contribution in [3.05, 3.63) is 29.6 Å². The van der Waals surface area contributed by atoms with E-state index in [1.54, 1.807) is 30.3 Å². The quantitative estimate of drug-likeness (QED) is 0.275. The summed E-state index contributed by atoms with van der Waals surface area (Å²) in [6.07, 6.45) is 3.36. The molecule has 190 valence electrons. The molecule has 0 aliphatic carbocycles. The number of nitrogens with two attached hydrogens (primary N) is 1. The van der Waals surface area contributed by atoms with Crippen molar-refractivity contribution < 1.29 is 33.3 Å². The molecule has 1 aromatic rings. The molecular weight excluding hydrogens is 444 g/mol. The van der Waals surface area contributed by atoms with Gasteiger partial charge in [0.2, 0.25) is 17.7 Å². The van der Waals surface area contributed by atoms with Crippen LogP contribution in [-0.2, 0) is 35.0 Å². The zero-order valence-electron chi connectivity index (χ0n) is 19.8. The molecule has 3 N–H and O–H groups in total. The molecule has 1 fully saturated rings. The van der Waals surface area contributed by atoms with Gasteiger partial charge in [-0.1, -0.05) is 0 Å². The molecule has 1 saturated heterocycles. The third-order valence-electron chi connectivity index (χ3n) is 5.20. The molecule has 1 atom stereocenters. The fourth-order valence-electron chi connectivity index (χ4n) is 3.32. The summed E-state index contributed by atoms with van der Waals surface area (Å²) in [5.74, 6) is -0.826. The number of carbonyl (C=O) groups is 3. The van der Waals surface area contributed by atoms with Crippen molar-refractivity contribution in [3.63, 3.8) is 0 Å². The molecule has 0 radical (unpaired) electrons. The Morgan fingerprint density at radius 3 is 2.26 bits per heavy atom. The number of primary amides is 1. The molecule has 34 heavy (non-hydrogen) atoms. The van der Waals surface area contributed by atoms with Crippen molar-refractivity contribution in [2.45, 2.75) is 19.3 Å². The first-order chi connectivity index (χ1) is 16.5. The molecule has 0 bridgehead atoms. The highest BCUT2D eigenvalue weighted by molar-refractivity contribution is 5.92. The van der Waals surface area contributed by atoms with Gasteiger partial charge in [0.15, 0.2) is 0 Å². The smallest absolute Gasteiger partial charge is 0.248 e. The molecule has 3 amide bonds. The van der Waals surface area contributed by atoms with Crippen molar-refractivity contribution in [1.29, 1.82) is 0 Å². The summed E-state index contributed by atoms with van der Waals surface area (Å²) in [4.78, 5) is 40.3. The van der Waals surface area contributed by atoms with Gasteiger partial charge in [0.1, 0.15) is 0 Å². The lowest BCUT2D eigenvalue weighted by molar-refractivity contribution is -0.128. The second kappa shape index (κ2) is 16.1. The summed E-state index contributed by atoms with van der Waals surface area (Å²) < 4.78 is 21.8. The van der Waals surface area contributed by atoms with E-state index in [0.717, 1.165) is 12.1 Å². The Morgan fingerprint density at radius 2 is 1.68 bits per heavy atom. The summed E-state index contributed by atoms with van der Waals surface area (Å²) in [5, 5.41) is 2.79. The van der Waals surface area contributed by atoms with Crippen LogP contribution in [0.25, 0.3) is 0 Å². The van der Waals surface area contributed by atoms with Gasteiger partial charge in [0.25, 0.3) is 0 Å². The summed E-state index contributed by atoms with van der Waals surface area (Å²) in [6.45, 7) is 4.64. The summed E-state index contributed by atoms with van der Waals surface area (Å²) in [5.41, 5.74) is 6.54. The van der Waals surface area contributed by atoms with Crippen LogP contribution in [-0.4, -0.2) is 101 Å². The van der Waals surface area contributed by atoms with E-state index < -0.39 is 5.91 Å². The molecule has 2 rings (SSSR count). The number of hydrogen-bond donors (Lipinski definition) is 2. The van der Waals surface area contributed by atoms with E-state index in [9.17, 15) is 14.4 Å². The van der Waals surface area contributed by atoms with E-state index >= 15 is 0 Å². The predicted octanol–water partition coefficient (Wildman–Crippen LogP) is -0.226. The fourth-order valence-corrected chi connectivity index (χ4v) is 3.32. The SMILES string of the molecule is CN1CC(C(=O)NCCOCCOCCOCCOCCCc2cc(C(N)=O)ccn2)CC1=O. The number of hydrogen-bond acceptors (Lipinski definition) is 8. The Bertz CT molecular complexity index is 777. The third-order valence-corrected chi connectivity index (χ3v) is 5.20. The number of amides is 3. The Balaban J connectivity index is 1.31. The van der Waals surface area contributed by atoms with Gasteiger partial charge in [-0.2, -0.15) is 0 Å². The van der Waals surface area contributed by atoms with E-state index in [2.05, 4.69) is 10.3 Å². The Labute approximate surface area is 200 Å². The highest BCUT2D eigenvalue weighted by Crippen LogP contribution is 2.15. The van der Waals surface area contributed by atoms with Gasteiger partial charge in [-0.15, -0.1) is 0 Å². The number of rotatable bonds is 18. The molecule has 1 aliphatic heterocycles. The van der Waals surface area contributed by atoms with Crippen molar-refractivity contribution in [1.82, 2.24) is 15.2 Å². The first-order valence-electron chi connectivity index (χ1n) is 11.5. The number of carbonyl (C=O) groups excluding carboxylic acids is 3. The highest BCUT2D eigenvalue weighted by Gasteiger charge is 2.31. The van der Waals surface area contributed by atoms with Gasteiger partial charge in [-0.05, 0) is 25.0 Å². The minimum atomic E-state index is -0.456. The number of aromatic nitrogens is 1. The zero-order valence-corrected chi connectivity index (χ0v) is 19.8. The molecule has 11 heteroatoms. The fraction of sp³-hybridized carbons (Fsp3) is 0.652. The molecule has 11 nitrogen and oxygen atoms in total. The topological polar surface area (TPSA) is 142 Å². The van der Waals surface area contributed by atoms with Crippen LogP contribution in [0.3, 0.4) is 0 Å². The van der Waals surface area contributed by atoms with Crippen molar-refractivity contribution >= 4 is 17.7 Å². The molecule has 1 aliphatic rings. The third kappa shape index (κ3) is 11.0.